The van der Waals surface area contributed by atoms with Crippen LogP contribution in [0.25, 0.3) is 0 Å². The fraction of sp³-hybridized carbons (Fsp3) is 0.706. The number of carbonyl (C=O) groups excluding carboxylic acids is 1. The number of nitrogens with one attached hydrogen (secondary N) is 1. The van der Waals surface area contributed by atoms with E-state index in [0.717, 1.165) is 19.6 Å². The Balaban J connectivity index is 1.56. The van der Waals surface area contributed by atoms with Crippen molar-refractivity contribution in [2.24, 2.45) is 11.8 Å². The van der Waals surface area contributed by atoms with Crippen LogP contribution in [-0.4, -0.2) is 29.9 Å². The lowest BCUT2D eigenvalue weighted by molar-refractivity contribution is -0.133. The second-order valence-corrected chi connectivity index (χ2v) is 7.45. The second kappa shape index (κ2) is 6.93. The predicted octanol–water partition coefficient (Wildman–Crippen LogP) is 3.26. The summed E-state index contributed by atoms with van der Waals surface area (Å²) >= 11 is 1.72. The molecule has 1 saturated heterocycles. The highest BCUT2D eigenvalue weighted by Crippen LogP contribution is 2.31. The van der Waals surface area contributed by atoms with Crippen molar-refractivity contribution in [3.8, 4) is 0 Å². The van der Waals surface area contributed by atoms with Gasteiger partial charge in [-0.15, -0.1) is 0 Å². The van der Waals surface area contributed by atoms with Crippen molar-refractivity contribution in [2.75, 3.05) is 13.1 Å². The van der Waals surface area contributed by atoms with Crippen molar-refractivity contribution in [3.05, 3.63) is 22.4 Å². The lowest BCUT2D eigenvalue weighted by Crippen LogP contribution is -2.37. The van der Waals surface area contributed by atoms with Gasteiger partial charge in [0.25, 0.3) is 0 Å². The van der Waals surface area contributed by atoms with E-state index in [1.165, 1.54) is 31.2 Å². The van der Waals surface area contributed by atoms with Gasteiger partial charge in [-0.25, -0.2) is 0 Å². The summed E-state index contributed by atoms with van der Waals surface area (Å²) in [6, 6.07) is 2.65. The summed E-state index contributed by atoms with van der Waals surface area (Å²) in [5.74, 6) is 1.53. The summed E-state index contributed by atoms with van der Waals surface area (Å²) in [7, 11) is 0. The Morgan fingerprint density at radius 1 is 1.48 bits per heavy atom. The fourth-order valence-electron chi connectivity index (χ4n) is 3.31. The van der Waals surface area contributed by atoms with Crippen molar-refractivity contribution in [3.63, 3.8) is 0 Å². The number of thiophene rings is 1. The minimum Gasteiger partial charge on any atom is -0.335 e. The van der Waals surface area contributed by atoms with Gasteiger partial charge in [0.1, 0.15) is 0 Å². The third kappa shape index (κ3) is 4.07. The molecule has 21 heavy (non-hydrogen) atoms. The van der Waals surface area contributed by atoms with E-state index in [4.69, 9.17) is 0 Å². The summed E-state index contributed by atoms with van der Waals surface area (Å²) in [6.07, 6.45) is 5.62. The first-order valence-electron chi connectivity index (χ1n) is 8.25. The van der Waals surface area contributed by atoms with Gasteiger partial charge in [-0.2, -0.15) is 11.3 Å². The van der Waals surface area contributed by atoms with Crippen molar-refractivity contribution < 1.29 is 4.79 Å². The Hall–Kier alpha value is -0.870. The first-order chi connectivity index (χ1) is 10.2. The average Bonchev–Trinajstić information content (AvgIpc) is 3.21. The smallest absolute Gasteiger partial charge is 0.223 e. The number of amides is 1. The molecule has 1 N–H and O–H groups in total. The molecule has 2 fully saturated rings. The lowest BCUT2D eigenvalue weighted by atomic mass is 9.85. The lowest BCUT2D eigenvalue weighted by Gasteiger charge is -2.30. The molecule has 2 unspecified atom stereocenters. The number of hydrogen-bond acceptors (Lipinski definition) is 3. The van der Waals surface area contributed by atoms with Gasteiger partial charge in [0.05, 0.1) is 0 Å². The molecule has 3 nitrogen and oxygen atoms in total. The molecule has 0 bridgehead atoms. The van der Waals surface area contributed by atoms with Crippen LogP contribution in [-0.2, 0) is 11.3 Å². The highest BCUT2D eigenvalue weighted by molar-refractivity contribution is 7.07. The molecule has 2 heterocycles. The van der Waals surface area contributed by atoms with Gasteiger partial charge in [-0.3, -0.25) is 4.79 Å². The van der Waals surface area contributed by atoms with Gasteiger partial charge in [0.15, 0.2) is 0 Å². The van der Waals surface area contributed by atoms with Crippen LogP contribution in [0.4, 0.5) is 0 Å². The maximum atomic E-state index is 12.7. The zero-order chi connectivity index (χ0) is 14.7. The Bertz CT molecular complexity index is 449. The third-order valence-corrected chi connectivity index (χ3v) is 5.61. The number of rotatable bonds is 6. The SMILES string of the molecule is CC(CC(=O)N(Cc1ccsc1)C1CC1)C1CCCNC1. The highest BCUT2D eigenvalue weighted by Gasteiger charge is 2.34. The molecule has 1 saturated carbocycles. The molecule has 0 spiro atoms. The van der Waals surface area contributed by atoms with Crippen LogP contribution in [0.3, 0.4) is 0 Å². The fourth-order valence-corrected chi connectivity index (χ4v) is 3.97. The largest absolute Gasteiger partial charge is 0.335 e. The van der Waals surface area contributed by atoms with Crippen LogP contribution < -0.4 is 5.32 Å². The van der Waals surface area contributed by atoms with Gasteiger partial charge in [0.2, 0.25) is 5.91 Å². The number of nitrogens with zero attached hydrogens (tertiary/aromatic N) is 1. The Morgan fingerprint density at radius 3 is 2.95 bits per heavy atom. The molecular formula is C17H26N2OS. The predicted molar refractivity (Wildman–Crippen MR) is 87.3 cm³/mol. The van der Waals surface area contributed by atoms with E-state index in [2.05, 4.69) is 34.0 Å². The van der Waals surface area contributed by atoms with Crippen LogP contribution in [0.5, 0.6) is 0 Å². The molecule has 1 aromatic heterocycles. The van der Waals surface area contributed by atoms with Crippen molar-refractivity contribution in [1.82, 2.24) is 10.2 Å². The Morgan fingerprint density at radius 2 is 2.33 bits per heavy atom. The summed E-state index contributed by atoms with van der Waals surface area (Å²) in [4.78, 5) is 14.8. The van der Waals surface area contributed by atoms with Crippen LogP contribution in [0.15, 0.2) is 16.8 Å². The van der Waals surface area contributed by atoms with Crippen LogP contribution in [0.2, 0.25) is 0 Å². The van der Waals surface area contributed by atoms with Gasteiger partial charge in [-0.05, 0) is 73.0 Å². The zero-order valence-electron chi connectivity index (χ0n) is 12.9. The van der Waals surface area contributed by atoms with E-state index >= 15 is 0 Å². The van der Waals surface area contributed by atoms with Gasteiger partial charge in [-0.1, -0.05) is 6.92 Å². The summed E-state index contributed by atoms with van der Waals surface area (Å²) in [5, 5.41) is 7.73. The van der Waals surface area contributed by atoms with Gasteiger partial charge >= 0.3 is 0 Å². The molecule has 0 radical (unpaired) electrons. The maximum absolute atomic E-state index is 12.7. The van der Waals surface area contributed by atoms with Crippen LogP contribution in [0.1, 0.15) is 44.6 Å². The van der Waals surface area contributed by atoms with E-state index in [1.807, 2.05) is 0 Å². The summed E-state index contributed by atoms with van der Waals surface area (Å²) in [6.45, 7) is 5.29. The van der Waals surface area contributed by atoms with Crippen LogP contribution >= 0.6 is 11.3 Å². The maximum Gasteiger partial charge on any atom is 0.223 e. The topological polar surface area (TPSA) is 32.3 Å². The number of hydrogen-bond donors (Lipinski definition) is 1. The van der Waals surface area contributed by atoms with Crippen molar-refractivity contribution in [1.29, 1.82) is 0 Å². The molecular weight excluding hydrogens is 280 g/mol. The van der Waals surface area contributed by atoms with Crippen LogP contribution in [0, 0.1) is 11.8 Å². The number of carbonyl (C=O) groups is 1. The third-order valence-electron chi connectivity index (χ3n) is 4.88. The van der Waals surface area contributed by atoms with Crippen molar-refractivity contribution >= 4 is 17.2 Å². The second-order valence-electron chi connectivity index (χ2n) is 6.67. The molecule has 2 aliphatic rings. The molecule has 0 aromatic carbocycles. The van der Waals surface area contributed by atoms with E-state index in [1.54, 1.807) is 11.3 Å². The van der Waals surface area contributed by atoms with Gasteiger partial charge < -0.3 is 10.2 Å². The molecule has 1 aliphatic heterocycles. The molecule has 3 rings (SSSR count). The normalized spacial score (nSPS) is 23.8. The van der Waals surface area contributed by atoms with E-state index in [-0.39, 0.29) is 0 Å². The Labute approximate surface area is 131 Å². The zero-order valence-corrected chi connectivity index (χ0v) is 13.7. The molecule has 1 aliphatic carbocycles. The minimum atomic E-state index is 0.363. The molecule has 2 atom stereocenters. The summed E-state index contributed by atoms with van der Waals surface area (Å²) < 4.78 is 0. The first kappa shape index (κ1) is 15.0. The molecule has 1 amide bonds. The van der Waals surface area contributed by atoms with E-state index in [0.29, 0.717) is 30.2 Å². The molecule has 4 heteroatoms. The first-order valence-corrected chi connectivity index (χ1v) is 9.19. The van der Waals surface area contributed by atoms with E-state index < -0.39 is 0 Å². The molecule has 116 valence electrons. The van der Waals surface area contributed by atoms with Crippen molar-refractivity contribution in [2.45, 2.75) is 51.6 Å². The quantitative estimate of drug-likeness (QED) is 0.875. The van der Waals surface area contributed by atoms with E-state index in [9.17, 15) is 4.79 Å². The number of piperidine rings is 1. The summed E-state index contributed by atoms with van der Waals surface area (Å²) in [5.41, 5.74) is 1.28. The van der Waals surface area contributed by atoms with Gasteiger partial charge in [0, 0.05) is 19.0 Å². The standard InChI is InChI=1S/C17H26N2OS/c1-13(15-3-2-7-18-10-15)9-17(20)19(16-4-5-16)11-14-6-8-21-12-14/h6,8,12-13,15-16,18H,2-5,7,9-11H2,1H3. The minimum absolute atomic E-state index is 0.363. The average molecular weight is 306 g/mol. The highest BCUT2D eigenvalue weighted by atomic mass is 32.1. The Kier molecular flexibility index (Phi) is 4.96. The monoisotopic (exact) mass is 306 g/mol. The molecule has 1 aromatic rings.